The maximum absolute atomic E-state index is 4.87. The van der Waals surface area contributed by atoms with E-state index in [0.717, 1.165) is 17.8 Å². The maximum Gasteiger partial charge on any atom is 0.223 e. The van der Waals surface area contributed by atoms with Gasteiger partial charge in [-0.2, -0.15) is 4.98 Å². The van der Waals surface area contributed by atoms with Gasteiger partial charge in [0.25, 0.3) is 0 Å². The van der Waals surface area contributed by atoms with Crippen LogP contribution in [0.3, 0.4) is 0 Å². The van der Waals surface area contributed by atoms with Crippen LogP contribution >= 0.6 is 0 Å². The molecule has 2 rings (SSSR count). The van der Waals surface area contributed by atoms with E-state index in [4.69, 9.17) is 4.52 Å². The van der Waals surface area contributed by atoms with E-state index in [1.54, 1.807) is 6.92 Å². The Kier molecular flexibility index (Phi) is 3.26. The number of hydrogen-bond acceptors (Lipinski definition) is 5. The SMILES string of the molecule is Cc1ccc(CNCc2noc(C)n2)cn1. The number of aryl methyl sites for hydroxylation is 2. The lowest BCUT2D eigenvalue weighted by Gasteiger charge is -2.01. The number of rotatable bonds is 4. The van der Waals surface area contributed by atoms with E-state index in [2.05, 4.69) is 26.5 Å². The summed E-state index contributed by atoms with van der Waals surface area (Å²) in [5.74, 6) is 1.27. The van der Waals surface area contributed by atoms with Crippen molar-refractivity contribution in [2.75, 3.05) is 0 Å². The van der Waals surface area contributed by atoms with Crippen molar-refractivity contribution in [2.24, 2.45) is 0 Å². The first-order valence-corrected chi connectivity index (χ1v) is 5.15. The average Bonchev–Trinajstić information content (AvgIpc) is 2.67. The molecule has 0 saturated carbocycles. The van der Waals surface area contributed by atoms with E-state index in [-0.39, 0.29) is 0 Å². The Hall–Kier alpha value is -1.75. The Labute approximate surface area is 93.9 Å². The fourth-order valence-electron chi connectivity index (χ4n) is 1.33. The molecule has 0 aliphatic carbocycles. The molecule has 5 heteroatoms. The molecule has 0 aliphatic rings. The van der Waals surface area contributed by atoms with Gasteiger partial charge in [-0.3, -0.25) is 4.98 Å². The van der Waals surface area contributed by atoms with Crippen LogP contribution in [0.5, 0.6) is 0 Å². The third-order valence-corrected chi connectivity index (χ3v) is 2.15. The minimum absolute atomic E-state index is 0.591. The highest BCUT2D eigenvalue weighted by Gasteiger charge is 2.01. The van der Waals surface area contributed by atoms with Gasteiger partial charge in [0.05, 0.1) is 6.54 Å². The standard InChI is InChI=1S/C11H14N4O/c1-8-3-4-10(6-13-8)5-12-7-11-14-9(2)16-15-11/h3-4,6,12H,5,7H2,1-2H3. The van der Waals surface area contributed by atoms with Crippen LogP contribution in [0.2, 0.25) is 0 Å². The quantitative estimate of drug-likeness (QED) is 0.839. The molecule has 0 saturated heterocycles. The Morgan fingerprint density at radius 1 is 1.25 bits per heavy atom. The highest BCUT2D eigenvalue weighted by molar-refractivity contribution is 5.12. The molecule has 1 N–H and O–H groups in total. The number of nitrogens with zero attached hydrogens (tertiary/aromatic N) is 3. The van der Waals surface area contributed by atoms with Crippen LogP contribution in [0, 0.1) is 13.8 Å². The van der Waals surface area contributed by atoms with Crippen LogP contribution in [0.1, 0.15) is 23.0 Å². The molecular formula is C11H14N4O. The summed E-state index contributed by atoms with van der Waals surface area (Å²) in [7, 11) is 0. The predicted molar refractivity (Wildman–Crippen MR) is 58.6 cm³/mol. The van der Waals surface area contributed by atoms with Crippen molar-refractivity contribution in [3.63, 3.8) is 0 Å². The van der Waals surface area contributed by atoms with E-state index in [1.165, 1.54) is 0 Å². The van der Waals surface area contributed by atoms with E-state index < -0.39 is 0 Å². The predicted octanol–water partition coefficient (Wildman–Crippen LogP) is 1.37. The molecule has 0 aromatic carbocycles. The second kappa shape index (κ2) is 4.85. The van der Waals surface area contributed by atoms with Gasteiger partial charge in [-0.15, -0.1) is 0 Å². The van der Waals surface area contributed by atoms with Crippen LogP contribution in [-0.2, 0) is 13.1 Å². The van der Waals surface area contributed by atoms with Crippen LogP contribution in [0.4, 0.5) is 0 Å². The van der Waals surface area contributed by atoms with Gasteiger partial charge in [0.15, 0.2) is 5.82 Å². The Morgan fingerprint density at radius 2 is 2.12 bits per heavy atom. The first-order valence-electron chi connectivity index (χ1n) is 5.15. The van der Waals surface area contributed by atoms with Gasteiger partial charge < -0.3 is 9.84 Å². The fraction of sp³-hybridized carbons (Fsp3) is 0.364. The minimum Gasteiger partial charge on any atom is -0.340 e. The number of hydrogen-bond donors (Lipinski definition) is 1. The zero-order chi connectivity index (χ0) is 11.4. The molecule has 0 bridgehead atoms. The lowest BCUT2D eigenvalue weighted by molar-refractivity contribution is 0.385. The smallest absolute Gasteiger partial charge is 0.223 e. The van der Waals surface area contributed by atoms with Gasteiger partial charge in [-0.05, 0) is 18.6 Å². The molecule has 0 aliphatic heterocycles. The fourth-order valence-corrected chi connectivity index (χ4v) is 1.33. The summed E-state index contributed by atoms with van der Waals surface area (Å²) < 4.78 is 4.87. The molecule has 5 nitrogen and oxygen atoms in total. The number of aromatic nitrogens is 3. The van der Waals surface area contributed by atoms with Crippen molar-refractivity contribution in [1.82, 2.24) is 20.4 Å². The van der Waals surface area contributed by atoms with E-state index in [0.29, 0.717) is 18.3 Å². The normalized spacial score (nSPS) is 10.6. The average molecular weight is 218 g/mol. The summed E-state index contributed by atoms with van der Waals surface area (Å²) in [6, 6.07) is 4.05. The van der Waals surface area contributed by atoms with Gasteiger partial charge >= 0.3 is 0 Å². The van der Waals surface area contributed by atoms with Crippen molar-refractivity contribution < 1.29 is 4.52 Å². The highest BCUT2D eigenvalue weighted by Crippen LogP contribution is 1.99. The molecule has 0 radical (unpaired) electrons. The van der Waals surface area contributed by atoms with Crippen LogP contribution in [-0.4, -0.2) is 15.1 Å². The third kappa shape index (κ3) is 2.87. The van der Waals surface area contributed by atoms with E-state index in [1.807, 2.05) is 19.2 Å². The summed E-state index contributed by atoms with van der Waals surface area (Å²) >= 11 is 0. The monoisotopic (exact) mass is 218 g/mol. The van der Waals surface area contributed by atoms with Crippen LogP contribution in [0.15, 0.2) is 22.9 Å². The zero-order valence-electron chi connectivity index (χ0n) is 9.40. The Balaban J connectivity index is 1.82. The van der Waals surface area contributed by atoms with Gasteiger partial charge in [0, 0.05) is 25.4 Å². The van der Waals surface area contributed by atoms with Gasteiger partial charge in [-0.1, -0.05) is 11.2 Å². The third-order valence-electron chi connectivity index (χ3n) is 2.15. The molecule has 0 atom stereocenters. The number of pyridine rings is 1. The van der Waals surface area contributed by atoms with Crippen molar-refractivity contribution in [3.05, 3.63) is 41.3 Å². The second-order valence-corrected chi connectivity index (χ2v) is 3.64. The molecule has 2 aromatic rings. The van der Waals surface area contributed by atoms with Crippen molar-refractivity contribution in [1.29, 1.82) is 0 Å². The molecule has 0 fully saturated rings. The molecular weight excluding hydrogens is 204 g/mol. The topological polar surface area (TPSA) is 63.8 Å². The lowest BCUT2D eigenvalue weighted by Crippen LogP contribution is -2.13. The summed E-state index contributed by atoms with van der Waals surface area (Å²) in [4.78, 5) is 8.32. The van der Waals surface area contributed by atoms with Crippen molar-refractivity contribution >= 4 is 0 Å². The zero-order valence-corrected chi connectivity index (χ0v) is 9.40. The first-order chi connectivity index (χ1) is 7.74. The Bertz CT molecular complexity index is 449. The molecule has 0 unspecified atom stereocenters. The van der Waals surface area contributed by atoms with Gasteiger partial charge in [-0.25, -0.2) is 0 Å². The Morgan fingerprint density at radius 3 is 2.75 bits per heavy atom. The van der Waals surface area contributed by atoms with Crippen LogP contribution < -0.4 is 5.32 Å². The molecule has 2 aromatic heterocycles. The lowest BCUT2D eigenvalue weighted by atomic mass is 10.2. The molecule has 84 valence electrons. The second-order valence-electron chi connectivity index (χ2n) is 3.64. The summed E-state index contributed by atoms with van der Waals surface area (Å²) in [6.07, 6.45) is 1.86. The molecule has 0 spiro atoms. The van der Waals surface area contributed by atoms with Gasteiger partial charge in [0.1, 0.15) is 0 Å². The van der Waals surface area contributed by atoms with Gasteiger partial charge in [0.2, 0.25) is 5.89 Å². The molecule has 16 heavy (non-hydrogen) atoms. The first kappa shape index (κ1) is 10.8. The van der Waals surface area contributed by atoms with Crippen molar-refractivity contribution in [3.8, 4) is 0 Å². The van der Waals surface area contributed by atoms with Crippen molar-refractivity contribution in [2.45, 2.75) is 26.9 Å². The van der Waals surface area contributed by atoms with Crippen LogP contribution in [0.25, 0.3) is 0 Å². The summed E-state index contributed by atoms with van der Waals surface area (Å²) in [5, 5.41) is 7.02. The summed E-state index contributed by atoms with van der Waals surface area (Å²) in [5.41, 5.74) is 2.17. The molecule has 0 amide bonds. The number of nitrogens with one attached hydrogen (secondary N) is 1. The molecule has 2 heterocycles. The van der Waals surface area contributed by atoms with E-state index >= 15 is 0 Å². The maximum atomic E-state index is 4.87. The summed E-state index contributed by atoms with van der Waals surface area (Å²) in [6.45, 7) is 5.10. The minimum atomic E-state index is 0.591. The largest absolute Gasteiger partial charge is 0.340 e. The highest BCUT2D eigenvalue weighted by atomic mass is 16.5. The van der Waals surface area contributed by atoms with E-state index in [9.17, 15) is 0 Å².